The molecule has 0 aliphatic rings. The van der Waals surface area contributed by atoms with Crippen LogP contribution in [-0.4, -0.2) is 31.0 Å². The minimum absolute atomic E-state index is 0.246. The van der Waals surface area contributed by atoms with E-state index in [-0.39, 0.29) is 11.9 Å². The average Bonchev–Trinajstić information content (AvgIpc) is 2.80. The lowest BCUT2D eigenvalue weighted by atomic mass is 10.0. The van der Waals surface area contributed by atoms with Crippen molar-refractivity contribution in [3.05, 3.63) is 93.1 Å². The van der Waals surface area contributed by atoms with Crippen molar-refractivity contribution in [2.45, 2.75) is 19.5 Å². The molecule has 0 bridgehead atoms. The molecule has 0 saturated heterocycles. The standard InChI is InChI=1S/C24H23Cl2N3O3/c1-15(16-4-6-17(7-5-16)24(31)32-3)28-23(30)21-12-19(25)9-8-18(21)14-29(2)22-11-10-20(26)13-27-22/h4-13,15H,14H2,1-3H3,(H,28,30)/t15-/m0/s1. The summed E-state index contributed by atoms with van der Waals surface area (Å²) >= 11 is 12.1. The Labute approximate surface area is 197 Å². The van der Waals surface area contributed by atoms with Gasteiger partial charge in [-0.2, -0.15) is 0 Å². The number of aromatic nitrogens is 1. The van der Waals surface area contributed by atoms with Gasteiger partial charge in [0, 0.05) is 30.4 Å². The molecular weight excluding hydrogens is 449 g/mol. The summed E-state index contributed by atoms with van der Waals surface area (Å²) in [6.45, 7) is 2.33. The molecule has 0 aliphatic carbocycles. The fraction of sp³-hybridized carbons (Fsp3) is 0.208. The molecule has 1 aromatic heterocycles. The second kappa shape index (κ2) is 10.5. The third-order valence-electron chi connectivity index (χ3n) is 5.01. The molecule has 6 nitrogen and oxygen atoms in total. The highest BCUT2D eigenvalue weighted by atomic mass is 35.5. The molecule has 0 fully saturated rings. The van der Waals surface area contributed by atoms with Crippen molar-refractivity contribution < 1.29 is 14.3 Å². The summed E-state index contributed by atoms with van der Waals surface area (Å²) in [5.74, 6) is 0.0791. The summed E-state index contributed by atoms with van der Waals surface area (Å²) < 4.78 is 4.72. The summed E-state index contributed by atoms with van der Waals surface area (Å²) in [7, 11) is 3.22. The van der Waals surface area contributed by atoms with Crippen molar-refractivity contribution >= 4 is 40.9 Å². The quantitative estimate of drug-likeness (QED) is 0.473. The highest BCUT2D eigenvalue weighted by Gasteiger charge is 2.17. The summed E-state index contributed by atoms with van der Waals surface area (Å²) in [4.78, 5) is 30.9. The van der Waals surface area contributed by atoms with Crippen LogP contribution in [0, 0.1) is 0 Å². The molecule has 1 amide bonds. The van der Waals surface area contributed by atoms with Crippen LogP contribution in [0.4, 0.5) is 5.82 Å². The van der Waals surface area contributed by atoms with E-state index in [1.807, 2.05) is 31.0 Å². The topological polar surface area (TPSA) is 71.5 Å². The van der Waals surface area contributed by atoms with E-state index in [0.29, 0.717) is 27.7 Å². The van der Waals surface area contributed by atoms with Crippen molar-refractivity contribution in [3.63, 3.8) is 0 Å². The van der Waals surface area contributed by atoms with Crippen molar-refractivity contribution in [2.75, 3.05) is 19.1 Å². The molecule has 1 atom stereocenters. The highest BCUT2D eigenvalue weighted by molar-refractivity contribution is 6.31. The van der Waals surface area contributed by atoms with Gasteiger partial charge in [-0.05, 0) is 54.4 Å². The summed E-state index contributed by atoms with van der Waals surface area (Å²) in [6, 6.07) is 15.5. The maximum atomic E-state index is 13.1. The van der Waals surface area contributed by atoms with Crippen LogP contribution >= 0.6 is 23.2 Å². The van der Waals surface area contributed by atoms with Crippen molar-refractivity contribution in [3.8, 4) is 0 Å². The number of anilines is 1. The minimum Gasteiger partial charge on any atom is -0.465 e. The zero-order chi connectivity index (χ0) is 23.3. The maximum absolute atomic E-state index is 13.1. The Morgan fingerprint density at radius 2 is 1.75 bits per heavy atom. The van der Waals surface area contributed by atoms with E-state index in [9.17, 15) is 9.59 Å². The lowest BCUT2D eigenvalue weighted by Gasteiger charge is -2.21. The molecule has 3 aromatic rings. The Balaban J connectivity index is 1.76. The number of carbonyl (C=O) groups is 2. The van der Waals surface area contributed by atoms with Gasteiger partial charge in [0.1, 0.15) is 5.82 Å². The van der Waals surface area contributed by atoms with Crippen LogP contribution < -0.4 is 10.2 Å². The van der Waals surface area contributed by atoms with Crippen molar-refractivity contribution in [1.82, 2.24) is 10.3 Å². The van der Waals surface area contributed by atoms with Crippen LogP contribution in [0.25, 0.3) is 0 Å². The third-order valence-corrected chi connectivity index (χ3v) is 5.46. The maximum Gasteiger partial charge on any atom is 0.337 e. The second-order valence-electron chi connectivity index (χ2n) is 7.30. The lowest BCUT2D eigenvalue weighted by molar-refractivity contribution is 0.0600. The lowest BCUT2D eigenvalue weighted by Crippen LogP contribution is -2.29. The Bertz CT molecular complexity index is 1100. The highest BCUT2D eigenvalue weighted by Crippen LogP contribution is 2.22. The van der Waals surface area contributed by atoms with Crippen LogP contribution in [0.5, 0.6) is 0 Å². The summed E-state index contributed by atoms with van der Waals surface area (Å²) in [5.41, 5.74) is 2.60. The number of benzene rings is 2. The monoisotopic (exact) mass is 471 g/mol. The van der Waals surface area contributed by atoms with E-state index in [2.05, 4.69) is 10.3 Å². The van der Waals surface area contributed by atoms with Gasteiger partial charge in [-0.25, -0.2) is 9.78 Å². The SMILES string of the molecule is COC(=O)c1ccc([C@H](C)NC(=O)c2cc(Cl)ccc2CN(C)c2ccc(Cl)cn2)cc1. The van der Waals surface area contributed by atoms with Gasteiger partial charge in [-0.3, -0.25) is 4.79 Å². The number of hydrogen-bond acceptors (Lipinski definition) is 5. The normalized spacial score (nSPS) is 11.5. The third kappa shape index (κ3) is 5.78. The van der Waals surface area contributed by atoms with Crippen LogP contribution in [0.15, 0.2) is 60.8 Å². The van der Waals surface area contributed by atoms with Crippen molar-refractivity contribution in [2.24, 2.45) is 0 Å². The van der Waals surface area contributed by atoms with Crippen molar-refractivity contribution in [1.29, 1.82) is 0 Å². The van der Waals surface area contributed by atoms with E-state index in [1.165, 1.54) is 7.11 Å². The fourth-order valence-electron chi connectivity index (χ4n) is 3.21. The van der Waals surface area contributed by atoms with E-state index in [0.717, 1.165) is 16.9 Å². The molecule has 0 saturated carbocycles. The molecule has 166 valence electrons. The molecule has 0 unspecified atom stereocenters. The number of amides is 1. The number of hydrogen-bond donors (Lipinski definition) is 1. The molecule has 1 N–H and O–H groups in total. The first-order chi connectivity index (χ1) is 15.3. The number of nitrogens with one attached hydrogen (secondary N) is 1. The Kier molecular flexibility index (Phi) is 7.72. The van der Waals surface area contributed by atoms with Gasteiger partial charge in [-0.15, -0.1) is 0 Å². The van der Waals surface area contributed by atoms with Crippen LogP contribution in [0.1, 0.15) is 44.8 Å². The number of nitrogens with zero attached hydrogens (tertiary/aromatic N) is 2. The zero-order valence-corrected chi connectivity index (χ0v) is 19.4. The minimum atomic E-state index is -0.406. The van der Waals surface area contributed by atoms with E-state index < -0.39 is 5.97 Å². The first kappa shape index (κ1) is 23.6. The van der Waals surface area contributed by atoms with Gasteiger partial charge >= 0.3 is 5.97 Å². The number of pyridine rings is 1. The first-order valence-corrected chi connectivity index (χ1v) is 10.6. The molecular formula is C24H23Cl2N3O3. The predicted molar refractivity (Wildman–Crippen MR) is 126 cm³/mol. The van der Waals surface area contributed by atoms with Crippen LogP contribution in [-0.2, 0) is 11.3 Å². The van der Waals surface area contributed by atoms with Gasteiger partial charge in [-0.1, -0.05) is 41.4 Å². The number of ether oxygens (including phenoxy) is 1. The van der Waals surface area contributed by atoms with E-state index >= 15 is 0 Å². The molecule has 0 aliphatic heterocycles. The number of esters is 1. The van der Waals surface area contributed by atoms with Gasteiger partial charge in [0.05, 0.1) is 23.7 Å². The molecule has 8 heteroatoms. The fourth-order valence-corrected chi connectivity index (χ4v) is 3.50. The Hall–Kier alpha value is -3.09. The molecule has 3 rings (SSSR count). The Morgan fingerprint density at radius 1 is 1.06 bits per heavy atom. The van der Waals surface area contributed by atoms with Crippen LogP contribution in [0.3, 0.4) is 0 Å². The Morgan fingerprint density at radius 3 is 2.38 bits per heavy atom. The van der Waals surface area contributed by atoms with E-state index in [1.54, 1.807) is 48.7 Å². The molecule has 1 heterocycles. The van der Waals surface area contributed by atoms with Gasteiger partial charge in [0.25, 0.3) is 5.91 Å². The molecule has 0 spiro atoms. The summed E-state index contributed by atoms with van der Waals surface area (Å²) in [5, 5.41) is 4.03. The second-order valence-corrected chi connectivity index (χ2v) is 8.17. The molecule has 0 radical (unpaired) electrons. The number of methoxy groups -OCH3 is 1. The number of carbonyl (C=O) groups excluding carboxylic acids is 2. The zero-order valence-electron chi connectivity index (χ0n) is 17.9. The summed E-state index contributed by atoms with van der Waals surface area (Å²) in [6.07, 6.45) is 1.58. The molecule has 2 aromatic carbocycles. The van der Waals surface area contributed by atoms with Gasteiger partial charge < -0.3 is 15.0 Å². The van der Waals surface area contributed by atoms with Crippen LogP contribution in [0.2, 0.25) is 10.0 Å². The van der Waals surface area contributed by atoms with E-state index in [4.69, 9.17) is 27.9 Å². The van der Waals surface area contributed by atoms with Gasteiger partial charge in [0.15, 0.2) is 0 Å². The largest absolute Gasteiger partial charge is 0.465 e. The number of rotatable bonds is 7. The molecule has 32 heavy (non-hydrogen) atoms. The van der Waals surface area contributed by atoms with Gasteiger partial charge in [0.2, 0.25) is 0 Å². The average molecular weight is 472 g/mol. The number of halogens is 2. The first-order valence-electron chi connectivity index (χ1n) is 9.88. The smallest absolute Gasteiger partial charge is 0.337 e. The predicted octanol–water partition coefficient (Wildman–Crippen LogP) is 5.30.